The Balaban J connectivity index is 2.51. The van der Waals surface area contributed by atoms with E-state index in [-0.39, 0.29) is 11.5 Å². The predicted molar refractivity (Wildman–Crippen MR) is 99.9 cm³/mol. The zero-order valence-corrected chi connectivity index (χ0v) is 15.2. The number of aromatic hydroxyl groups is 2. The van der Waals surface area contributed by atoms with E-state index in [0.29, 0.717) is 17.2 Å². The summed E-state index contributed by atoms with van der Waals surface area (Å²) in [6.07, 6.45) is 5.42. The summed E-state index contributed by atoms with van der Waals surface area (Å²) < 4.78 is 0. The van der Waals surface area contributed by atoms with E-state index < -0.39 is 5.41 Å². The SMILES string of the molecule is CCCCON=C1CCCCC1(C(=S)NC)c1cc(O)ccc1O. The van der Waals surface area contributed by atoms with Gasteiger partial charge in [0.15, 0.2) is 0 Å². The van der Waals surface area contributed by atoms with E-state index in [2.05, 4.69) is 17.4 Å². The lowest BCUT2D eigenvalue weighted by Gasteiger charge is -2.39. The molecule has 6 heteroatoms. The average Bonchev–Trinajstić information content (AvgIpc) is 2.60. The zero-order valence-electron chi connectivity index (χ0n) is 14.3. The molecule has 0 heterocycles. The van der Waals surface area contributed by atoms with Gasteiger partial charge in [-0.1, -0.05) is 37.1 Å². The van der Waals surface area contributed by atoms with Crippen molar-refractivity contribution in [1.82, 2.24) is 5.32 Å². The molecule has 0 spiro atoms. The zero-order chi connectivity index (χ0) is 17.6. The van der Waals surface area contributed by atoms with Crippen molar-refractivity contribution in [2.75, 3.05) is 13.7 Å². The third-order valence-electron chi connectivity index (χ3n) is 4.53. The van der Waals surface area contributed by atoms with Crippen LogP contribution in [-0.2, 0) is 10.3 Å². The van der Waals surface area contributed by atoms with Gasteiger partial charge in [-0.05, 0) is 43.9 Å². The summed E-state index contributed by atoms with van der Waals surface area (Å²) in [6, 6.07) is 4.53. The van der Waals surface area contributed by atoms with Crippen LogP contribution in [0, 0.1) is 0 Å². The maximum absolute atomic E-state index is 10.4. The van der Waals surface area contributed by atoms with Crippen molar-refractivity contribution in [1.29, 1.82) is 0 Å². The van der Waals surface area contributed by atoms with Crippen molar-refractivity contribution in [2.45, 2.75) is 50.9 Å². The number of nitrogens with zero attached hydrogens (tertiary/aromatic N) is 1. The molecule has 1 aromatic rings. The molecule has 132 valence electrons. The summed E-state index contributed by atoms with van der Waals surface area (Å²) in [4.78, 5) is 6.10. The fourth-order valence-electron chi connectivity index (χ4n) is 3.23. The summed E-state index contributed by atoms with van der Waals surface area (Å²) in [5.41, 5.74) is 0.654. The van der Waals surface area contributed by atoms with E-state index in [4.69, 9.17) is 17.1 Å². The second-order valence-electron chi connectivity index (χ2n) is 6.12. The van der Waals surface area contributed by atoms with Crippen molar-refractivity contribution >= 4 is 22.9 Å². The Morgan fingerprint density at radius 3 is 2.88 bits per heavy atom. The van der Waals surface area contributed by atoms with Crippen LogP contribution >= 0.6 is 12.2 Å². The molecular formula is C18H26N2O3S. The number of nitrogens with one attached hydrogen (secondary N) is 1. The van der Waals surface area contributed by atoms with Gasteiger partial charge in [0.05, 0.1) is 16.1 Å². The fraction of sp³-hybridized carbons (Fsp3) is 0.556. The Labute approximate surface area is 148 Å². The predicted octanol–water partition coefficient (Wildman–Crippen LogP) is 3.63. The Kier molecular flexibility index (Phi) is 6.43. The van der Waals surface area contributed by atoms with Crippen LogP contribution < -0.4 is 5.32 Å². The van der Waals surface area contributed by atoms with Gasteiger partial charge in [-0.2, -0.15) is 0 Å². The van der Waals surface area contributed by atoms with Crippen molar-refractivity contribution in [3.05, 3.63) is 23.8 Å². The van der Waals surface area contributed by atoms with E-state index in [1.54, 1.807) is 13.1 Å². The van der Waals surface area contributed by atoms with Crippen LogP contribution in [-0.4, -0.2) is 34.6 Å². The molecule has 1 atom stereocenters. The monoisotopic (exact) mass is 350 g/mol. The van der Waals surface area contributed by atoms with Crippen molar-refractivity contribution in [3.8, 4) is 11.5 Å². The minimum atomic E-state index is -0.739. The van der Waals surface area contributed by atoms with Gasteiger partial charge in [0.25, 0.3) is 0 Å². The Bertz CT molecular complexity index is 618. The number of benzene rings is 1. The molecule has 1 aromatic carbocycles. The molecule has 3 N–H and O–H groups in total. The molecule has 1 saturated carbocycles. The summed E-state index contributed by atoms with van der Waals surface area (Å²) in [6.45, 7) is 2.66. The molecule has 0 radical (unpaired) electrons. The Morgan fingerprint density at radius 2 is 2.17 bits per heavy atom. The van der Waals surface area contributed by atoms with Crippen molar-refractivity contribution in [3.63, 3.8) is 0 Å². The number of hydrogen-bond acceptors (Lipinski definition) is 5. The lowest BCUT2D eigenvalue weighted by Crippen LogP contribution is -2.50. The van der Waals surface area contributed by atoms with Crippen LogP contribution in [0.2, 0.25) is 0 Å². The number of unbranched alkanes of at least 4 members (excludes halogenated alkanes) is 1. The average molecular weight is 350 g/mol. The molecule has 0 saturated heterocycles. The minimum Gasteiger partial charge on any atom is -0.508 e. The van der Waals surface area contributed by atoms with Gasteiger partial charge in [0.1, 0.15) is 18.1 Å². The lowest BCUT2D eigenvalue weighted by molar-refractivity contribution is 0.138. The molecular weight excluding hydrogens is 324 g/mol. The first-order valence-corrected chi connectivity index (χ1v) is 8.91. The third kappa shape index (κ3) is 3.64. The first-order chi connectivity index (χ1) is 11.6. The number of likely N-dealkylation sites (N-methyl/N-ethyl adjacent to an activating group) is 1. The van der Waals surface area contributed by atoms with E-state index >= 15 is 0 Å². The molecule has 2 rings (SSSR count). The van der Waals surface area contributed by atoms with Gasteiger partial charge < -0.3 is 20.4 Å². The number of thiocarbonyl (C=S) groups is 1. The molecule has 24 heavy (non-hydrogen) atoms. The maximum atomic E-state index is 10.4. The first kappa shape index (κ1) is 18.5. The number of rotatable bonds is 6. The highest BCUT2D eigenvalue weighted by molar-refractivity contribution is 7.80. The maximum Gasteiger partial charge on any atom is 0.120 e. The van der Waals surface area contributed by atoms with Crippen molar-refractivity contribution in [2.24, 2.45) is 5.16 Å². The van der Waals surface area contributed by atoms with Gasteiger partial charge in [0.2, 0.25) is 0 Å². The topological polar surface area (TPSA) is 74.1 Å². The van der Waals surface area contributed by atoms with E-state index in [1.807, 2.05) is 0 Å². The largest absolute Gasteiger partial charge is 0.508 e. The number of phenolic OH excluding ortho intramolecular Hbond substituents is 2. The highest BCUT2D eigenvalue weighted by Crippen LogP contribution is 2.43. The molecule has 0 aliphatic heterocycles. The normalized spacial score (nSPS) is 22.3. The molecule has 1 unspecified atom stereocenters. The molecule has 1 fully saturated rings. The van der Waals surface area contributed by atoms with Gasteiger partial charge in [-0.15, -0.1) is 0 Å². The molecule has 0 aromatic heterocycles. The highest BCUT2D eigenvalue weighted by Gasteiger charge is 2.45. The molecule has 1 aliphatic carbocycles. The lowest BCUT2D eigenvalue weighted by atomic mass is 9.67. The summed E-state index contributed by atoms with van der Waals surface area (Å²) >= 11 is 5.61. The smallest absolute Gasteiger partial charge is 0.120 e. The number of oxime groups is 1. The molecule has 0 amide bonds. The molecule has 0 bridgehead atoms. The second-order valence-corrected chi connectivity index (χ2v) is 6.53. The van der Waals surface area contributed by atoms with Crippen LogP contribution in [0.4, 0.5) is 0 Å². The Hall–Kier alpha value is -1.82. The highest BCUT2D eigenvalue weighted by atomic mass is 32.1. The van der Waals surface area contributed by atoms with Crippen LogP contribution in [0.5, 0.6) is 11.5 Å². The summed E-state index contributed by atoms with van der Waals surface area (Å²) in [5, 5.41) is 27.8. The van der Waals surface area contributed by atoms with Crippen LogP contribution in [0.15, 0.2) is 23.4 Å². The summed E-state index contributed by atoms with van der Waals surface area (Å²) in [7, 11) is 1.77. The molecule has 1 aliphatic rings. The first-order valence-electron chi connectivity index (χ1n) is 8.50. The summed E-state index contributed by atoms with van der Waals surface area (Å²) in [5.74, 6) is 0.200. The fourth-order valence-corrected chi connectivity index (χ4v) is 3.56. The van der Waals surface area contributed by atoms with Crippen molar-refractivity contribution < 1.29 is 15.1 Å². The van der Waals surface area contributed by atoms with Crippen LogP contribution in [0.1, 0.15) is 51.0 Å². The van der Waals surface area contributed by atoms with Gasteiger partial charge in [0, 0.05) is 12.6 Å². The van der Waals surface area contributed by atoms with E-state index in [1.165, 1.54) is 12.1 Å². The standard InChI is InChI=1S/C18H26N2O3S/c1-3-4-11-23-20-16-7-5-6-10-18(16,17(24)19-2)14-12-13(21)8-9-15(14)22/h8-9,12,21-22H,3-7,10-11H2,1-2H3,(H,19,24). The van der Waals surface area contributed by atoms with Crippen LogP contribution in [0.25, 0.3) is 0 Å². The van der Waals surface area contributed by atoms with Gasteiger partial charge >= 0.3 is 0 Å². The molecule has 5 nitrogen and oxygen atoms in total. The quantitative estimate of drug-likeness (QED) is 0.316. The van der Waals surface area contributed by atoms with E-state index in [0.717, 1.165) is 44.2 Å². The minimum absolute atomic E-state index is 0.0953. The number of phenols is 2. The third-order valence-corrected chi connectivity index (χ3v) is 5.08. The second kappa shape index (κ2) is 8.33. The Morgan fingerprint density at radius 1 is 1.38 bits per heavy atom. The van der Waals surface area contributed by atoms with Gasteiger partial charge in [-0.25, -0.2) is 0 Å². The van der Waals surface area contributed by atoms with Gasteiger partial charge in [-0.3, -0.25) is 0 Å². The number of hydrogen-bond donors (Lipinski definition) is 3. The van der Waals surface area contributed by atoms with E-state index in [9.17, 15) is 10.2 Å². The van der Waals surface area contributed by atoms with Crippen LogP contribution in [0.3, 0.4) is 0 Å².